The number of thioether (sulfide) groups is 1. The van der Waals surface area contributed by atoms with E-state index in [-0.39, 0.29) is 6.03 Å². The fraction of sp³-hybridized carbons (Fsp3) is 0.235. The van der Waals surface area contributed by atoms with Gasteiger partial charge in [-0.3, -0.25) is 0 Å². The van der Waals surface area contributed by atoms with Crippen LogP contribution in [0.2, 0.25) is 0 Å². The normalized spacial score (nSPS) is 13.9. The van der Waals surface area contributed by atoms with E-state index in [4.69, 9.17) is 10.00 Å². The van der Waals surface area contributed by atoms with Gasteiger partial charge in [-0.15, -0.1) is 0 Å². The molecule has 2 amide bonds. The lowest BCUT2D eigenvalue weighted by Crippen LogP contribution is -2.40. The number of pyridine rings is 1. The zero-order chi connectivity index (χ0) is 16.8. The summed E-state index contributed by atoms with van der Waals surface area (Å²) in [5.74, 6) is 2.97. The Balaban J connectivity index is 1.58. The van der Waals surface area contributed by atoms with Crippen LogP contribution in [0.5, 0.6) is 11.6 Å². The Labute approximate surface area is 144 Å². The van der Waals surface area contributed by atoms with Gasteiger partial charge in [0.25, 0.3) is 0 Å². The van der Waals surface area contributed by atoms with Crippen LogP contribution in [0.15, 0.2) is 42.6 Å². The molecule has 0 atom stereocenters. The van der Waals surface area contributed by atoms with Crippen molar-refractivity contribution in [1.82, 2.24) is 9.88 Å². The molecular weight excluding hydrogens is 324 g/mol. The summed E-state index contributed by atoms with van der Waals surface area (Å²) in [5, 5.41) is 11.6. The second-order valence-corrected chi connectivity index (χ2v) is 6.38. The number of anilines is 1. The molecule has 1 saturated heterocycles. The molecule has 122 valence electrons. The molecule has 0 radical (unpaired) electrons. The predicted molar refractivity (Wildman–Crippen MR) is 93.4 cm³/mol. The van der Waals surface area contributed by atoms with Crippen molar-refractivity contribution in [2.24, 2.45) is 0 Å². The van der Waals surface area contributed by atoms with Gasteiger partial charge in [-0.05, 0) is 30.3 Å². The zero-order valence-electron chi connectivity index (χ0n) is 12.9. The van der Waals surface area contributed by atoms with Gasteiger partial charge in [0.2, 0.25) is 5.88 Å². The van der Waals surface area contributed by atoms with Crippen LogP contribution in [0.3, 0.4) is 0 Å². The van der Waals surface area contributed by atoms with Gasteiger partial charge in [-0.2, -0.15) is 17.0 Å². The first-order valence-corrected chi connectivity index (χ1v) is 8.68. The van der Waals surface area contributed by atoms with Crippen molar-refractivity contribution in [1.29, 1.82) is 5.26 Å². The maximum absolute atomic E-state index is 12.1. The van der Waals surface area contributed by atoms with Crippen LogP contribution in [0.4, 0.5) is 10.5 Å². The molecule has 1 N–H and O–H groups in total. The largest absolute Gasteiger partial charge is 0.439 e. The van der Waals surface area contributed by atoms with Crippen LogP contribution in [-0.4, -0.2) is 40.5 Å². The molecule has 6 nitrogen and oxygen atoms in total. The molecule has 1 fully saturated rings. The molecule has 2 aromatic rings. The van der Waals surface area contributed by atoms with Gasteiger partial charge in [0, 0.05) is 30.7 Å². The molecular formula is C17H16N4O2S. The Morgan fingerprint density at radius 2 is 1.96 bits per heavy atom. The van der Waals surface area contributed by atoms with Crippen molar-refractivity contribution < 1.29 is 9.53 Å². The number of rotatable bonds is 3. The Morgan fingerprint density at radius 1 is 1.21 bits per heavy atom. The highest BCUT2D eigenvalue weighted by Crippen LogP contribution is 2.21. The number of ether oxygens (including phenoxy) is 1. The molecule has 0 unspecified atom stereocenters. The Hall–Kier alpha value is -2.72. The summed E-state index contributed by atoms with van der Waals surface area (Å²) in [6, 6.07) is 12.2. The van der Waals surface area contributed by atoms with E-state index in [1.807, 2.05) is 11.8 Å². The minimum Gasteiger partial charge on any atom is -0.439 e. The summed E-state index contributed by atoms with van der Waals surface area (Å²) in [5.41, 5.74) is 1.20. The fourth-order valence-corrected chi connectivity index (χ4v) is 3.10. The third kappa shape index (κ3) is 4.18. The summed E-state index contributed by atoms with van der Waals surface area (Å²) in [7, 11) is 0. The minimum atomic E-state index is -0.0992. The standard InChI is InChI=1S/C17H16N4O2S/c18-11-13-1-4-15(5-2-13)23-16-6-3-14(12-19-16)20-17(22)21-7-9-24-10-8-21/h1-6,12H,7-10H2,(H,20,22). The van der Waals surface area contributed by atoms with E-state index in [2.05, 4.69) is 16.4 Å². The summed E-state index contributed by atoms with van der Waals surface area (Å²) >= 11 is 1.86. The number of carbonyl (C=O) groups excluding carboxylic acids is 1. The van der Waals surface area contributed by atoms with Crippen LogP contribution in [0, 0.1) is 11.3 Å². The monoisotopic (exact) mass is 340 g/mol. The predicted octanol–water partition coefficient (Wildman–Crippen LogP) is 3.33. The average Bonchev–Trinajstić information content (AvgIpc) is 2.65. The Morgan fingerprint density at radius 3 is 2.58 bits per heavy atom. The first-order valence-electron chi connectivity index (χ1n) is 7.52. The Bertz CT molecular complexity index is 735. The van der Waals surface area contributed by atoms with Gasteiger partial charge in [0.05, 0.1) is 23.5 Å². The highest BCUT2D eigenvalue weighted by Gasteiger charge is 2.16. The van der Waals surface area contributed by atoms with Crippen molar-refractivity contribution in [2.75, 3.05) is 29.9 Å². The molecule has 1 aromatic heterocycles. The quantitative estimate of drug-likeness (QED) is 0.927. The fourth-order valence-electron chi connectivity index (χ4n) is 2.20. The van der Waals surface area contributed by atoms with Crippen molar-refractivity contribution in [3.63, 3.8) is 0 Å². The first-order chi connectivity index (χ1) is 11.7. The van der Waals surface area contributed by atoms with E-state index < -0.39 is 0 Å². The number of nitrogens with zero attached hydrogens (tertiary/aromatic N) is 3. The van der Waals surface area contributed by atoms with Crippen LogP contribution in [0.1, 0.15) is 5.56 Å². The number of hydrogen-bond acceptors (Lipinski definition) is 5. The maximum Gasteiger partial charge on any atom is 0.321 e. The molecule has 1 aliphatic heterocycles. The van der Waals surface area contributed by atoms with Gasteiger partial charge in [0.1, 0.15) is 5.75 Å². The van der Waals surface area contributed by atoms with E-state index in [0.717, 1.165) is 24.6 Å². The SMILES string of the molecule is N#Cc1ccc(Oc2ccc(NC(=O)N3CCSCC3)cn2)cc1. The summed E-state index contributed by atoms with van der Waals surface area (Å²) in [6.45, 7) is 1.54. The maximum atomic E-state index is 12.1. The second-order valence-electron chi connectivity index (χ2n) is 5.15. The smallest absolute Gasteiger partial charge is 0.321 e. The first kappa shape index (κ1) is 16.1. The number of urea groups is 1. The summed E-state index contributed by atoms with van der Waals surface area (Å²) in [4.78, 5) is 18.1. The zero-order valence-corrected chi connectivity index (χ0v) is 13.8. The lowest BCUT2D eigenvalue weighted by molar-refractivity contribution is 0.217. The molecule has 0 saturated carbocycles. The number of benzene rings is 1. The molecule has 24 heavy (non-hydrogen) atoms. The number of nitrogens with one attached hydrogen (secondary N) is 1. The van der Waals surface area contributed by atoms with Gasteiger partial charge in [-0.25, -0.2) is 9.78 Å². The van der Waals surface area contributed by atoms with E-state index >= 15 is 0 Å². The van der Waals surface area contributed by atoms with E-state index in [1.54, 1.807) is 47.5 Å². The van der Waals surface area contributed by atoms with Crippen LogP contribution in [-0.2, 0) is 0 Å². The number of amides is 2. The third-order valence-corrected chi connectivity index (χ3v) is 4.43. The topological polar surface area (TPSA) is 78.2 Å². The van der Waals surface area contributed by atoms with E-state index in [9.17, 15) is 4.79 Å². The minimum absolute atomic E-state index is 0.0992. The van der Waals surface area contributed by atoms with Gasteiger partial charge in [0.15, 0.2) is 0 Å². The highest BCUT2D eigenvalue weighted by atomic mass is 32.2. The van der Waals surface area contributed by atoms with Crippen LogP contribution >= 0.6 is 11.8 Å². The molecule has 2 heterocycles. The number of nitriles is 1. The Kier molecular flexibility index (Phi) is 5.18. The van der Waals surface area contributed by atoms with Crippen molar-refractivity contribution in [3.8, 4) is 17.7 Å². The summed E-state index contributed by atoms with van der Waals surface area (Å²) in [6.07, 6.45) is 1.57. The third-order valence-electron chi connectivity index (χ3n) is 3.49. The molecule has 1 aliphatic rings. The van der Waals surface area contributed by atoms with Crippen LogP contribution < -0.4 is 10.1 Å². The lowest BCUT2D eigenvalue weighted by Gasteiger charge is -2.26. The lowest BCUT2D eigenvalue weighted by atomic mass is 10.2. The van der Waals surface area contributed by atoms with Gasteiger partial charge < -0.3 is 15.0 Å². The van der Waals surface area contributed by atoms with E-state index in [1.165, 1.54) is 0 Å². The molecule has 0 bridgehead atoms. The van der Waals surface area contributed by atoms with Crippen molar-refractivity contribution >= 4 is 23.5 Å². The number of carbonyl (C=O) groups is 1. The van der Waals surface area contributed by atoms with Crippen molar-refractivity contribution in [3.05, 3.63) is 48.2 Å². The molecule has 0 aliphatic carbocycles. The van der Waals surface area contributed by atoms with E-state index in [0.29, 0.717) is 22.9 Å². The molecule has 3 rings (SSSR count). The van der Waals surface area contributed by atoms with Crippen LogP contribution in [0.25, 0.3) is 0 Å². The van der Waals surface area contributed by atoms with Crippen molar-refractivity contribution in [2.45, 2.75) is 0 Å². The number of hydrogen-bond donors (Lipinski definition) is 1. The van der Waals surface area contributed by atoms with Gasteiger partial charge >= 0.3 is 6.03 Å². The number of aromatic nitrogens is 1. The summed E-state index contributed by atoms with van der Waals surface area (Å²) < 4.78 is 5.61. The molecule has 1 aromatic carbocycles. The second kappa shape index (κ2) is 7.70. The highest BCUT2D eigenvalue weighted by molar-refractivity contribution is 7.99. The average molecular weight is 340 g/mol. The molecule has 7 heteroatoms. The van der Waals surface area contributed by atoms with Gasteiger partial charge in [-0.1, -0.05) is 0 Å². The molecule has 0 spiro atoms.